The molecule has 0 aliphatic carbocycles. The summed E-state index contributed by atoms with van der Waals surface area (Å²) in [6, 6.07) is 8.31. The second kappa shape index (κ2) is 5.26. The standard InChI is InChI=1S/C13H20FN/c1-11-6-4-5-7-12(11)8-9-15-10-13(2,3)14/h4-7,15H,8-10H2,1-3H3. The Kier molecular flexibility index (Phi) is 4.28. The third-order valence-electron chi connectivity index (χ3n) is 2.38. The van der Waals surface area contributed by atoms with E-state index in [4.69, 9.17) is 0 Å². The van der Waals surface area contributed by atoms with E-state index < -0.39 is 5.67 Å². The quantitative estimate of drug-likeness (QED) is 0.735. The maximum Gasteiger partial charge on any atom is 0.117 e. The minimum Gasteiger partial charge on any atom is -0.313 e. The van der Waals surface area contributed by atoms with Crippen molar-refractivity contribution >= 4 is 0 Å². The van der Waals surface area contributed by atoms with Crippen LogP contribution in [0.3, 0.4) is 0 Å². The predicted octanol–water partition coefficient (Wildman–Crippen LogP) is 2.88. The third kappa shape index (κ3) is 4.93. The number of hydrogen-bond acceptors (Lipinski definition) is 1. The molecule has 0 amide bonds. The molecule has 0 atom stereocenters. The molecule has 1 rings (SSSR count). The smallest absolute Gasteiger partial charge is 0.117 e. The number of benzene rings is 1. The zero-order valence-corrected chi connectivity index (χ0v) is 9.81. The summed E-state index contributed by atoms with van der Waals surface area (Å²) in [5, 5.41) is 3.13. The molecule has 0 heterocycles. The molecular weight excluding hydrogens is 189 g/mol. The average Bonchev–Trinajstić information content (AvgIpc) is 2.13. The number of halogens is 1. The second-order valence-corrected chi connectivity index (χ2v) is 4.57. The van der Waals surface area contributed by atoms with Crippen LogP contribution in [-0.2, 0) is 6.42 Å². The van der Waals surface area contributed by atoms with E-state index in [1.165, 1.54) is 11.1 Å². The predicted molar refractivity (Wildman–Crippen MR) is 62.9 cm³/mol. The Morgan fingerprint density at radius 3 is 2.53 bits per heavy atom. The van der Waals surface area contributed by atoms with E-state index in [9.17, 15) is 4.39 Å². The average molecular weight is 209 g/mol. The summed E-state index contributed by atoms with van der Waals surface area (Å²) < 4.78 is 13.1. The second-order valence-electron chi connectivity index (χ2n) is 4.57. The fraction of sp³-hybridized carbons (Fsp3) is 0.538. The van der Waals surface area contributed by atoms with E-state index in [0.29, 0.717) is 6.54 Å². The normalized spacial score (nSPS) is 11.7. The summed E-state index contributed by atoms with van der Waals surface area (Å²) in [6.45, 7) is 6.53. The Morgan fingerprint density at radius 1 is 1.27 bits per heavy atom. The molecule has 0 unspecified atom stereocenters. The molecule has 0 aliphatic heterocycles. The van der Waals surface area contributed by atoms with Crippen LogP contribution in [0.2, 0.25) is 0 Å². The van der Waals surface area contributed by atoms with Crippen molar-refractivity contribution in [3.63, 3.8) is 0 Å². The number of hydrogen-bond donors (Lipinski definition) is 1. The van der Waals surface area contributed by atoms with Crippen LogP contribution in [0.1, 0.15) is 25.0 Å². The Labute approximate surface area is 91.7 Å². The molecule has 0 spiro atoms. The van der Waals surface area contributed by atoms with Gasteiger partial charge in [0.15, 0.2) is 0 Å². The van der Waals surface area contributed by atoms with Gasteiger partial charge in [-0.25, -0.2) is 4.39 Å². The Balaban J connectivity index is 2.30. The first-order chi connectivity index (χ1) is 6.99. The number of nitrogens with one attached hydrogen (secondary N) is 1. The molecule has 2 heteroatoms. The van der Waals surface area contributed by atoms with Crippen LogP contribution in [0, 0.1) is 6.92 Å². The molecule has 1 nitrogen and oxygen atoms in total. The zero-order valence-electron chi connectivity index (χ0n) is 9.81. The molecule has 1 aromatic carbocycles. The molecule has 0 aliphatic rings. The van der Waals surface area contributed by atoms with Gasteiger partial charge >= 0.3 is 0 Å². The van der Waals surface area contributed by atoms with Crippen LogP contribution >= 0.6 is 0 Å². The number of rotatable bonds is 5. The van der Waals surface area contributed by atoms with Gasteiger partial charge in [-0.3, -0.25) is 0 Å². The molecule has 0 saturated heterocycles. The summed E-state index contributed by atoms with van der Waals surface area (Å²) in [5.41, 5.74) is 1.52. The molecule has 0 bridgehead atoms. The third-order valence-corrected chi connectivity index (χ3v) is 2.38. The van der Waals surface area contributed by atoms with Crippen LogP contribution < -0.4 is 5.32 Å². The zero-order chi connectivity index (χ0) is 11.3. The van der Waals surface area contributed by atoms with Gasteiger partial charge in [-0.2, -0.15) is 0 Å². The largest absolute Gasteiger partial charge is 0.313 e. The van der Waals surface area contributed by atoms with Crippen molar-refractivity contribution in [3.8, 4) is 0 Å². The number of aryl methyl sites for hydroxylation is 1. The summed E-state index contributed by atoms with van der Waals surface area (Å²) in [5.74, 6) is 0. The van der Waals surface area contributed by atoms with Crippen molar-refractivity contribution in [3.05, 3.63) is 35.4 Å². The summed E-state index contributed by atoms with van der Waals surface area (Å²) in [4.78, 5) is 0. The Bertz CT molecular complexity index is 302. The topological polar surface area (TPSA) is 12.0 Å². The van der Waals surface area contributed by atoms with Crippen LogP contribution in [-0.4, -0.2) is 18.8 Å². The van der Waals surface area contributed by atoms with Gasteiger partial charge in [0.05, 0.1) is 0 Å². The van der Waals surface area contributed by atoms with Crippen LogP contribution in [0.15, 0.2) is 24.3 Å². The lowest BCUT2D eigenvalue weighted by atomic mass is 10.1. The van der Waals surface area contributed by atoms with Crippen LogP contribution in [0.4, 0.5) is 4.39 Å². The van der Waals surface area contributed by atoms with Gasteiger partial charge < -0.3 is 5.32 Å². The molecule has 1 N–H and O–H groups in total. The van der Waals surface area contributed by atoms with Gasteiger partial charge in [-0.15, -0.1) is 0 Å². The lowest BCUT2D eigenvalue weighted by Crippen LogP contribution is -2.32. The maximum absolute atomic E-state index is 13.1. The van der Waals surface area contributed by atoms with Gasteiger partial charge in [0.1, 0.15) is 5.67 Å². The molecule has 0 saturated carbocycles. The van der Waals surface area contributed by atoms with Gasteiger partial charge in [0.25, 0.3) is 0 Å². The fourth-order valence-electron chi connectivity index (χ4n) is 1.50. The van der Waals surface area contributed by atoms with Crippen molar-refractivity contribution in [2.24, 2.45) is 0 Å². The van der Waals surface area contributed by atoms with Crippen LogP contribution in [0.5, 0.6) is 0 Å². The lowest BCUT2D eigenvalue weighted by Gasteiger charge is -2.15. The highest BCUT2D eigenvalue weighted by Gasteiger charge is 2.13. The molecular formula is C13H20FN. The van der Waals surface area contributed by atoms with E-state index >= 15 is 0 Å². The molecule has 15 heavy (non-hydrogen) atoms. The van der Waals surface area contributed by atoms with Gasteiger partial charge in [-0.05, 0) is 44.9 Å². The molecule has 1 aromatic rings. The van der Waals surface area contributed by atoms with Crippen LogP contribution in [0.25, 0.3) is 0 Å². The van der Waals surface area contributed by atoms with Crippen molar-refractivity contribution in [1.29, 1.82) is 0 Å². The highest BCUT2D eigenvalue weighted by Crippen LogP contribution is 2.08. The summed E-state index contributed by atoms with van der Waals surface area (Å²) >= 11 is 0. The molecule has 0 radical (unpaired) electrons. The highest BCUT2D eigenvalue weighted by atomic mass is 19.1. The first-order valence-corrected chi connectivity index (χ1v) is 5.43. The van der Waals surface area contributed by atoms with Gasteiger partial charge in [-0.1, -0.05) is 24.3 Å². The molecule has 0 aromatic heterocycles. The van der Waals surface area contributed by atoms with E-state index in [1.807, 2.05) is 12.1 Å². The number of alkyl halides is 1. The lowest BCUT2D eigenvalue weighted by molar-refractivity contribution is 0.211. The summed E-state index contributed by atoms with van der Waals surface area (Å²) in [7, 11) is 0. The van der Waals surface area contributed by atoms with E-state index in [0.717, 1.165) is 13.0 Å². The fourth-order valence-corrected chi connectivity index (χ4v) is 1.50. The van der Waals surface area contributed by atoms with E-state index in [1.54, 1.807) is 13.8 Å². The highest BCUT2D eigenvalue weighted by molar-refractivity contribution is 5.25. The Hall–Kier alpha value is -0.890. The van der Waals surface area contributed by atoms with Gasteiger partial charge in [0.2, 0.25) is 0 Å². The van der Waals surface area contributed by atoms with Crippen molar-refractivity contribution in [2.75, 3.05) is 13.1 Å². The summed E-state index contributed by atoms with van der Waals surface area (Å²) in [6.07, 6.45) is 0.961. The van der Waals surface area contributed by atoms with E-state index in [2.05, 4.69) is 24.4 Å². The monoisotopic (exact) mass is 209 g/mol. The van der Waals surface area contributed by atoms with E-state index in [-0.39, 0.29) is 0 Å². The maximum atomic E-state index is 13.1. The van der Waals surface area contributed by atoms with Crippen molar-refractivity contribution in [1.82, 2.24) is 5.32 Å². The Morgan fingerprint density at radius 2 is 1.93 bits per heavy atom. The van der Waals surface area contributed by atoms with Crippen molar-refractivity contribution in [2.45, 2.75) is 32.9 Å². The molecule has 0 fully saturated rings. The SMILES string of the molecule is Cc1ccccc1CCNCC(C)(C)F. The van der Waals surface area contributed by atoms with Crippen molar-refractivity contribution < 1.29 is 4.39 Å². The first kappa shape index (κ1) is 12.2. The minimum absolute atomic E-state index is 0.416. The molecule has 84 valence electrons. The van der Waals surface area contributed by atoms with Gasteiger partial charge in [0, 0.05) is 6.54 Å². The minimum atomic E-state index is -1.12. The first-order valence-electron chi connectivity index (χ1n) is 5.43.